The zero-order valence-electron chi connectivity index (χ0n) is 12.0. The molecule has 0 aliphatic carbocycles. The number of ether oxygens (including phenoxy) is 1. The summed E-state index contributed by atoms with van der Waals surface area (Å²) in [4.78, 5) is 23.2. The Morgan fingerprint density at radius 1 is 1.24 bits per heavy atom. The number of methoxy groups -OCH3 is 1. The summed E-state index contributed by atoms with van der Waals surface area (Å²) in [5.41, 5.74) is 2.12. The lowest BCUT2D eigenvalue weighted by Crippen LogP contribution is -2.19. The summed E-state index contributed by atoms with van der Waals surface area (Å²) in [7, 11) is 1.29. The van der Waals surface area contributed by atoms with Crippen molar-refractivity contribution in [2.75, 3.05) is 12.4 Å². The molecule has 2 aromatic rings. The monoisotopic (exact) mass is 287 g/mol. The standard InChI is InChI=1S/C15H17N3O3/c1-3-11-4-6-12(7-5-11)16-14(19)10-18-9-8-13(17-18)15(20)21-2/h4-9H,3,10H2,1-2H3,(H,16,19). The summed E-state index contributed by atoms with van der Waals surface area (Å²) in [5.74, 6) is -0.733. The summed E-state index contributed by atoms with van der Waals surface area (Å²) in [6, 6.07) is 9.17. The van der Waals surface area contributed by atoms with Crippen LogP contribution in [0.15, 0.2) is 36.5 Å². The molecule has 110 valence electrons. The van der Waals surface area contributed by atoms with E-state index < -0.39 is 5.97 Å². The van der Waals surface area contributed by atoms with E-state index in [0.29, 0.717) is 0 Å². The number of esters is 1. The van der Waals surface area contributed by atoms with Crippen molar-refractivity contribution in [1.29, 1.82) is 0 Å². The molecule has 6 nitrogen and oxygen atoms in total. The fraction of sp³-hybridized carbons (Fsp3) is 0.267. The Morgan fingerprint density at radius 2 is 1.95 bits per heavy atom. The molecule has 0 aliphatic rings. The molecular weight excluding hydrogens is 270 g/mol. The van der Waals surface area contributed by atoms with Crippen molar-refractivity contribution in [3.05, 3.63) is 47.8 Å². The second-order valence-electron chi connectivity index (χ2n) is 4.49. The lowest BCUT2D eigenvalue weighted by atomic mass is 10.1. The zero-order chi connectivity index (χ0) is 15.2. The van der Waals surface area contributed by atoms with Crippen LogP contribution in [0, 0.1) is 0 Å². The zero-order valence-corrected chi connectivity index (χ0v) is 12.0. The van der Waals surface area contributed by atoms with Crippen molar-refractivity contribution >= 4 is 17.6 Å². The average molecular weight is 287 g/mol. The maximum Gasteiger partial charge on any atom is 0.358 e. The van der Waals surface area contributed by atoms with Crippen LogP contribution in [0.3, 0.4) is 0 Å². The number of carbonyl (C=O) groups is 2. The highest BCUT2D eigenvalue weighted by molar-refractivity contribution is 5.90. The number of nitrogens with zero attached hydrogens (tertiary/aromatic N) is 2. The molecule has 0 unspecified atom stereocenters. The van der Waals surface area contributed by atoms with Gasteiger partial charge in [-0.05, 0) is 30.2 Å². The normalized spacial score (nSPS) is 10.2. The quantitative estimate of drug-likeness (QED) is 0.852. The number of aromatic nitrogens is 2. The first-order valence-electron chi connectivity index (χ1n) is 6.63. The lowest BCUT2D eigenvalue weighted by Gasteiger charge is -2.06. The van der Waals surface area contributed by atoms with Gasteiger partial charge in [0.25, 0.3) is 0 Å². The van der Waals surface area contributed by atoms with E-state index in [-0.39, 0.29) is 18.1 Å². The van der Waals surface area contributed by atoms with E-state index in [0.717, 1.165) is 12.1 Å². The topological polar surface area (TPSA) is 73.2 Å². The van der Waals surface area contributed by atoms with Gasteiger partial charge < -0.3 is 10.1 Å². The molecule has 0 atom stereocenters. The van der Waals surface area contributed by atoms with Gasteiger partial charge in [-0.2, -0.15) is 5.10 Å². The van der Waals surface area contributed by atoms with Crippen LogP contribution in [0.1, 0.15) is 23.0 Å². The van der Waals surface area contributed by atoms with Crippen LogP contribution in [0.25, 0.3) is 0 Å². The van der Waals surface area contributed by atoms with E-state index >= 15 is 0 Å². The van der Waals surface area contributed by atoms with E-state index in [2.05, 4.69) is 22.1 Å². The first-order chi connectivity index (χ1) is 10.1. The predicted molar refractivity (Wildman–Crippen MR) is 78.0 cm³/mol. The van der Waals surface area contributed by atoms with Crippen LogP contribution < -0.4 is 5.32 Å². The first-order valence-corrected chi connectivity index (χ1v) is 6.63. The number of benzene rings is 1. The third kappa shape index (κ3) is 3.92. The molecule has 0 bridgehead atoms. The van der Waals surface area contributed by atoms with Gasteiger partial charge in [0.2, 0.25) is 5.91 Å². The van der Waals surface area contributed by atoms with E-state index in [4.69, 9.17) is 0 Å². The van der Waals surface area contributed by atoms with Crippen molar-refractivity contribution in [3.8, 4) is 0 Å². The third-order valence-corrected chi connectivity index (χ3v) is 2.99. The molecule has 0 saturated carbocycles. The second-order valence-corrected chi connectivity index (χ2v) is 4.49. The summed E-state index contributed by atoms with van der Waals surface area (Å²) in [6.45, 7) is 2.11. The van der Waals surface area contributed by atoms with Crippen molar-refractivity contribution in [1.82, 2.24) is 9.78 Å². The molecule has 1 aromatic heterocycles. The minimum Gasteiger partial charge on any atom is -0.464 e. The number of nitrogens with one attached hydrogen (secondary N) is 1. The van der Waals surface area contributed by atoms with E-state index in [1.165, 1.54) is 23.4 Å². The minimum atomic E-state index is -0.524. The van der Waals surface area contributed by atoms with Gasteiger partial charge in [-0.1, -0.05) is 19.1 Å². The smallest absolute Gasteiger partial charge is 0.358 e. The summed E-state index contributed by atoms with van der Waals surface area (Å²) in [6.07, 6.45) is 2.52. The van der Waals surface area contributed by atoms with Gasteiger partial charge in [-0.3, -0.25) is 9.48 Å². The molecular formula is C15H17N3O3. The molecule has 0 radical (unpaired) electrons. The Hall–Kier alpha value is -2.63. The van der Waals surface area contributed by atoms with Gasteiger partial charge in [-0.25, -0.2) is 4.79 Å². The molecule has 1 N–H and O–H groups in total. The molecule has 0 fully saturated rings. The number of amides is 1. The molecule has 2 rings (SSSR count). The summed E-state index contributed by atoms with van der Waals surface area (Å²) < 4.78 is 5.95. The van der Waals surface area contributed by atoms with Crippen molar-refractivity contribution in [3.63, 3.8) is 0 Å². The van der Waals surface area contributed by atoms with Crippen LogP contribution in [0.2, 0.25) is 0 Å². The van der Waals surface area contributed by atoms with Crippen LogP contribution in [-0.4, -0.2) is 28.8 Å². The van der Waals surface area contributed by atoms with E-state index in [9.17, 15) is 9.59 Å². The number of anilines is 1. The van der Waals surface area contributed by atoms with Crippen LogP contribution in [0.4, 0.5) is 5.69 Å². The number of aryl methyl sites for hydroxylation is 1. The molecule has 1 amide bonds. The predicted octanol–water partition coefficient (Wildman–Crippen LogP) is 1.87. The molecule has 21 heavy (non-hydrogen) atoms. The highest BCUT2D eigenvalue weighted by atomic mass is 16.5. The van der Waals surface area contributed by atoms with Crippen molar-refractivity contribution < 1.29 is 14.3 Å². The average Bonchev–Trinajstić information content (AvgIpc) is 2.95. The number of rotatable bonds is 5. The number of hydrogen-bond donors (Lipinski definition) is 1. The van der Waals surface area contributed by atoms with Crippen molar-refractivity contribution in [2.45, 2.75) is 19.9 Å². The number of carbonyl (C=O) groups excluding carboxylic acids is 2. The summed E-state index contributed by atoms with van der Waals surface area (Å²) >= 11 is 0. The SMILES string of the molecule is CCc1ccc(NC(=O)Cn2ccc(C(=O)OC)n2)cc1. The summed E-state index contributed by atoms with van der Waals surface area (Å²) in [5, 5.41) is 6.75. The van der Waals surface area contributed by atoms with Gasteiger partial charge in [0, 0.05) is 11.9 Å². The van der Waals surface area contributed by atoms with Crippen LogP contribution in [-0.2, 0) is 22.5 Å². The Labute approximate surface area is 122 Å². The molecule has 6 heteroatoms. The molecule has 1 aromatic carbocycles. The fourth-order valence-electron chi connectivity index (χ4n) is 1.83. The van der Waals surface area contributed by atoms with Crippen LogP contribution in [0.5, 0.6) is 0 Å². The molecule has 0 saturated heterocycles. The van der Waals surface area contributed by atoms with E-state index in [1.807, 2.05) is 24.3 Å². The Kier molecular flexibility index (Phi) is 4.71. The maximum atomic E-state index is 11.9. The van der Waals surface area contributed by atoms with E-state index in [1.54, 1.807) is 6.20 Å². The van der Waals surface area contributed by atoms with Crippen molar-refractivity contribution in [2.24, 2.45) is 0 Å². The second kappa shape index (κ2) is 6.69. The molecule has 0 aliphatic heterocycles. The Balaban J connectivity index is 1.94. The Morgan fingerprint density at radius 3 is 2.57 bits per heavy atom. The van der Waals surface area contributed by atoms with Crippen LogP contribution >= 0.6 is 0 Å². The fourth-order valence-corrected chi connectivity index (χ4v) is 1.83. The third-order valence-electron chi connectivity index (χ3n) is 2.99. The molecule has 1 heterocycles. The van der Waals surface area contributed by atoms with Gasteiger partial charge in [0.05, 0.1) is 7.11 Å². The minimum absolute atomic E-state index is 0.0342. The number of hydrogen-bond acceptors (Lipinski definition) is 4. The van der Waals surface area contributed by atoms with Gasteiger partial charge in [-0.15, -0.1) is 0 Å². The molecule has 0 spiro atoms. The highest BCUT2D eigenvalue weighted by Crippen LogP contribution is 2.10. The van der Waals surface area contributed by atoms with Gasteiger partial charge >= 0.3 is 5.97 Å². The largest absolute Gasteiger partial charge is 0.464 e. The van der Waals surface area contributed by atoms with Gasteiger partial charge in [0.15, 0.2) is 5.69 Å². The lowest BCUT2D eigenvalue weighted by molar-refractivity contribution is -0.116. The maximum absolute atomic E-state index is 11.9. The van der Waals surface area contributed by atoms with Gasteiger partial charge in [0.1, 0.15) is 6.54 Å². The first kappa shape index (κ1) is 14.8. The Bertz CT molecular complexity index is 632. The highest BCUT2D eigenvalue weighted by Gasteiger charge is 2.11.